The Hall–Kier alpha value is -3.38. The van der Waals surface area contributed by atoms with E-state index in [1.807, 2.05) is 19.1 Å². The summed E-state index contributed by atoms with van der Waals surface area (Å²) in [5.74, 6) is 0.851. The highest BCUT2D eigenvalue weighted by Gasteiger charge is 2.39. The van der Waals surface area contributed by atoms with E-state index in [1.165, 1.54) is 22.3 Å². The SMILES string of the molecule is COc1cc(-c2ccc(C3CCc4ccc([C@H](C5CC5)[C@H](C)C(=O)O)cc4O3)cc2CN(C)C(C)C)ccn1. The van der Waals surface area contributed by atoms with Crippen LogP contribution in [0.15, 0.2) is 54.7 Å². The van der Waals surface area contributed by atoms with Crippen LogP contribution in [0, 0.1) is 11.8 Å². The van der Waals surface area contributed by atoms with Crippen molar-refractivity contribution >= 4 is 5.97 Å². The lowest BCUT2D eigenvalue weighted by atomic mass is 9.82. The number of carboxylic acids is 1. The Morgan fingerprint density at radius 2 is 1.90 bits per heavy atom. The van der Waals surface area contributed by atoms with E-state index >= 15 is 0 Å². The maximum absolute atomic E-state index is 11.8. The first-order valence-electron chi connectivity index (χ1n) is 14.1. The van der Waals surface area contributed by atoms with Crippen molar-refractivity contribution in [2.45, 2.75) is 71.1 Å². The smallest absolute Gasteiger partial charge is 0.306 e. The van der Waals surface area contributed by atoms with Crippen molar-refractivity contribution in [1.29, 1.82) is 0 Å². The van der Waals surface area contributed by atoms with Crippen molar-refractivity contribution in [3.63, 3.8) is 0 Å². The number of ether oxygens (including phenoxy) is 2. The molecule has 39 heavy (non-hydrogen) atoms. The highest BCUT2D eigenvalue weighted by molar-refractivity contribution is 5.71. The molecule has 206 valence electrons. The van der Waals surface area contributed by atoms with Gasteiger partial charge in [0.15, 0.2) is 0 Å². The number of benzene rings is 2. The van der Waals surface area contributed by atoms with Crippen LogP contribution in [0.25, 0.3) is 11.1 Å². The molecule has 0 bridgehead atoms. The van der Waals surface area contributed by atoms with E-state index in [4.69, 9.17) is 9.47 Å². The second-order valence-corrected chi connectivity index (χ2v) is 11.5. The fraction of sp³-hybridized carbons (Fsp3) is 0.455. The van der Waals surface area contributed by atoms with Crippen molar-refractivity contribution in [1.82, 2.24) is 9.88 Å². The zero-order chi connectivity index (χ0) is 27.7. The summed E-state index contributed by atoms with van der Waals surface area (Å²) >= 11 is 0. The Balaban J connectivity index is 1.45. The zero-order valence-corrected chi connectivity index (χ0v) is 23.7. The summed E-state index contributed by atoms with van der Waals surface area (Å²) in [5.41, 5.74) is 6.95. The topological polar surface area (TPSA) is 71.9 Å². The lowest BCUT2D eigenvalue weighted by Crippen LogP contribution is -2.26. The maximum atomic E-state index is 11.8. The molecule has 3 aromatic rings. The highest BCUT2D eigenvalue weighted by Crippen LogP contribution is 2.48. The van der Waals surface area contributed by atoms with Crippen molar-refractivity contribution in [2.75, 3.05) is 14.2 Å². The third-order valence-electron chi connectivity index (χ3n) is 8.54. The molecule has 0 spiro atoms. The summed E-state index contributed by atoms with van der Waals surface area (Å²) in [6.07, 6.45) is 5.79. The van der Waals surface area contributed by atoms with Gasteiger partial charge in [0.25, 0.3) is 0 Å². The number of fused-ring (bicyclic) bond motifs is 1. The summed E-state index contributed by atoms with van der Waals surface area (Å²) in [6, 6.07) is 17.5. The molecule has 2 heterocycles. The fourth-order valence-corrected chi connectivity index (χ4v) is 5.77. The molecule has 2 aliphatic rings. The van der Waals surface area contributed by atoms with Gasteiger partial charge in [0.1, 0.15) is 11.9 Å². The van der Waals surface area contributed by atoms with Crippen LogP contribution in [0.4, 0.5) is 0 Å². The van der Waals surface area contributed by atoms with Gasteiger partial charge in [-0.2, -0.15) is 0 Å². The number of pyridine rings is 1. The summed E-state index contributed by atoms with van der Waals surface area (Å²) in [6.45, 7) is 7.06. The van der Waals surface area contributed by atoms with Crippen molar-refractivity contribution in [3.8, 4) is 22.8 Å². The summed E-state index contributed by atoms with van der Waals surface area (Å²) in [7, 11) is 3.79. The predicted molar refractivity (Wildman–Crippen MR) is 153 cm³/mol. The third-order valence-corrected chi connectivity index (χ3v) is 8.54. The van der Waals surface area contributed by atoms with Crippen molar-refractivity contribution < 1.29 is 19.4 Å². The standard InChI is InChI=1S/C33H40N2O4/c1-20(2)35(4)19-27-16-25(10-12-28(27)24-14-15-34-31(18-24)38-5)29-13-11-22-6-9-26(17-30(22)39-29)32(23-7-8-23)21(3)33(36)37/h6,9-10,12,14-18,20-21,23,29,32H,7-8,11,13,19H2,1-5H3,(H,36,37)/t21-,29?,32-/m0/s1. The summed E-state index contributed by atoms with van der Waals surface area (Å²) < 4.78 is 12.0. The Bertz CT molecular complexity index is 1330. The number of nitrogens with zero attached hydrogens (tertiary/aromatic N) is 2. The van der Waals surface area contributed by atoms with Gasteiger partial charge in [-0.05, 0) is 104 Å². The molecule has 0 radical (unpaired) electrons. The molecule has 0 amide bonds. The molecule has 1 N–H and O–H groups in total. The number of hydrogen-bond acceptors (Lipinski definition) is 5. The van der Waals surface area contributed by atoms with E-state index in [0.29, 0.717) is 17.8 Å². The zero-order valence-electron chi connectivity index (χ0n) is 23.7. The summed E-state index contributed by atoms with van der Waals surface area (Å²) in [4.78, 5) is 18.5. The Morgan fingerprint density at radius 3 is 2.59 bits per heavy atom. The van der Waals surface area contributed by atoms with Crippen LogP contribution in [0.5, 0.6) is 11.6 Å². The second kappa shape index (κ2) is 11.4. The number of methoxy groups -OCH3 is 1. The van der Waals surface area contributed by atoms with Crippen LogP contribution in [0.3, 0.4) is 0 Å². The van der Waals surface area contributed by atoms with E-state index in [1.54, 1.807) is 13.3 Å². The van der Waals surface area contributed by atoms with Gasteiger partial charge >= 0.3 is 5.97 Å². The van der Waals surface area contributed by atoms with Crippen LogP contribution in [0.2, 0.25) is 0 Å². The maximum Gasteiger partial charge on any atom is 0.306 e. The number of aryl methyl sites for hydroxylation is 1. The first kappa shape index (κ1) is 27.2. The minimum atomic E-state index is -0.728. The Morgan fingerprint density at radius 1 is 1.10 bits per heavy atom. The predicted octanol–water partition coefficient (Wildman–Crippen LogP) is 6.88. The second-order valence-electron chi connectivity index (χ2n) is 11.5. The molecule has 3 atom stereocenters. The van der Waals surface area contributed by atoms with Gasteiger partial charge < -0.3 is 14.6 Å². The van der Waals surface area contributed by atoms with Gasteiger partial charge in [-0.25, -0.2) is 4.98 Å². The van der Waals surface area contributed by atoms with Gasteiger partial charge in [0.05, 0.1) is 13.0 Å². The Kier molecular flexibility index (Phi) is 7.94. The quantitative estimate of drug-likeness (QED) is 0.309. The molecular formula is C33H40N2O4. The molecule has 1 aliphatic carbocycles. The largest absolute Gasteiger partial charge is 0.485 e. The van der Waals surface area contributed by atoms with Crippen LogP contribution in [-0.4, -0.2) is 41.2 Å². The van der Waals surface area contributed by atoms with Crippen LogP contribution >= 0.6 is 0 Å². The van der Waals surface area contributed by atoms with Gasteiger partial charge in [0.2, 0.25) is 5.88 Å². The molecule has 6 nitrogen and oxygen atoms in total. The van der Waals surface area contributed by atoms with Gasteiger partial charge in [-0.15, -0.1) is 0 Å². The number of aliphatic carboxylic acids is 1. The lowest BCUT2D eigenvalue weighted by Gasteiger charge is -2.30. The molecular weight excluding hydrogens is 488 g/mol. The first-order valence-corrected chi connectivity index (χ1v) is 14.1. The molecule has 6 heteroatoms. The van der Waals surface area contributed by atoms with Crippen molar-refractivity contribution in [2.24, 2.45) is 11.8 Å². The van der Waals surface area contributed by atoms with Gasteiger partial charge in [-0.3, -0.25) is 9.69 Å². The minimum Gasteiger partial charge on any atom is -0.485 e. The van der Waals surface area contributed by atoms with Gasteiger partial charge in [0, 0.05) is 24.8 Å². The van der Waals surface area contributed by atoms with E-state index in [-0.39, 0.29) is 12.0 Å². The van der Waals surface area contributed by atoms with Crippen molar-refractivity contribution in [3.05, 3.63) is 77.0 Å². The third kappa shape index (κ3) is 5.96. The highest BCUT2D eigenvalue weighted by atomic mass is 16.5. The van der Waals surface area contributed by atoms with Crippen LogP contribution in [-0.2, 0) is 17.8 Å². The van der Waals surface area contributed by atoms with E-state index in [0.717, 1.165) is 49.1 Å². The van der Waals surface area contributed by atoms with E-state index in [2.05, 4.69) is 67.2 Å². The summed E-state index contributed by atoms with van der Waals surface area (Å²) in [5, 5.41) is 9.73. The van der Waals surface area contributed by atoms with E-state index < -0.39 is 11.9 Å². The number of hydrogen-bond donors (Lipinski definition) is 1. The Labute approximate surface area is 232 Å². The molecule has 5 rings (SSSR count). The molecule has 0 saturated heterocycles. The normalized spacial score (nSPS) is 18.4. The average molecular weight is 529 g/mol. The minimum absolute atomic E-state index is 0.0339. The van der Waals surface area contributed by atoms with Crippen LogP contribution in [0.1, 0.15) is 74.3 Å². The molecule has 1 aliphatic heterocycles. The average Bonchev–Trinajstić information content (AvgIpc) is 3.77. The molecule has 1 fully saturated rings. The molecule has 1 aromatic heterocycles. The fourth-order valence-electron chi connectivity index (χ4n) is 5.77. The molecule has 1 saturated carbocycles. The van der Waals surface area contributed by atoms with Gasteiger partial charge in [-0.1, -0.05) is 37.3 Å². The number of rotatable bonds is 10. The lowest BCUT2D eigenvalue weighted by molar-refractivity contribution is -0.142. The van der Waals surface area contributed by atoms with Crippen LogP contribution < -0.4 is 9.47 Å². The number of carbonyl (C=O) groups is 1. The number of aromatic nitrogens is 1. The monoisotopic (exact) mass is 528 g/mol. The van der Waals surface area contributed by atoms with E-state index in [9.17, 15) is 9.90 Å². The molecule has 2 aromatic carbocycles. The number of carboxylic acid groups (broad SMARTS) is 1. The molecule has 1 unspecified atom stereocenters. The first-order chi connectivity index (χ1) is 18.7.